The molecule has 3 rings (SSSR count). The lowest BCUT2D eigenvalue weighted by atomic mass is 10.2. The largest absolute Gasteiger partial charge is 0.324 e. The Morgan fingerprint density at radius 3 is 2.92 bits per heavy atom. The zero-order chi connectivity index (χ0) is 18.1. The molecule has 2 aromatic rings. The van der Waals surface area contributed by atoms with Gasteiger partial charge in [-0.2, -0.15) is 5.10 Å². The molecular weight excluding hydrogens is 364 g/mol. The third-order valence-electron chi connectivity index (χ3n) is 3.88. The standard InChI is InChI=1S/C16H15ClN4O3S/c1-9-10(17)4-3-5-11(9)19-13(22)7-21-16(24)15-12(6-18-21)25-8-14(23)20(15)2/h3-6H,7-8H2,1-2H3,(H,19,22). The van der Waals surface area contributed by atoms with Crippen LogP contribution in [0.25, 0.3) is 0 Å². The zero-order valence-electron chi connectivity index (χ0n) is 13.6. The number of halogens is 1. The number of fused-ring (bicyclic) bond motifs is 1. The highest BCUT2D eigenvalue weighted by Crippen LogP contribution is 2.30. The number of thioether (sulfide) groups is 1. The van der Waals surface area contributed by atoms with Crippen LogP contribution in [0.3, 0.4) is 0 Å². The molecule has 9 heteroatoms. The smallest absolute Gasteiger partial charge is 0.292 e. The van der Waals surface area contributed by atoms with Gasteiger partial charge in [0.15, 0.2) is 0 Å². The van der Waals surface area contributed by atoms with Gasteiger partial charge in [-0.05, 0) is 24.6 Å². The van der Waals surface area contributed by atoms with E-state index in [0.717, 1.165) is 10.2 Å². The van der Waals surface area contributed by atoms with Crippen molar-refractivity contribution in [3.05, 3.63) is 45.3 Å². The summed E-state index contributed by atoms with van der Waals surface area (Å²) in [5.41, 5.74) is 1.10. The number of nitrogens with one attached hydrogen (secondary N) is 1. The number of rotatable bonds is 3. The highest BCUT2D eigenvalue weighted by Gasteiger charge is 2.26. The maximum atomic E-state index is 12.6. The van der Waals surface area contributed by atoms with Crippen LogP contribution in [0.1, 0.15) is 5.56 Å². The van der Waals surface area contributed by atoms with Gasteiger partial charge >= 0.3 is 0 Å². The van der Waals surface area contributed by atoms with Gasteiger partial charge in [0.2, 0.25) is 11.8 Å². The summed E-state index contributed by atoms with van der Waals surface area (Å²) in [5, 5.41) is 7.29. The highest BCUT2D eigenvalue weighted by molar-refractivity contribution is 8.00. The molecule has 1 N–H and O–H groups in total. The van der Waals surface area contributed by atoms with Crippen molar-refractivity contribution < 1.29 is 9.59 Å². The van der Waals surface area contributed by atoms with Crippen LogP contribution in [0, 0.1) is 6.92 Å². The number of hydrogen-bond donors (Lipinski definition) is 1. The first-order valence-corrected chi connectivity index (χ1v) is 8.79. The first kappa shape index (κ1) is 17.5. The second kappa shape index (κ2) is 6.89. The Morgan fingerprint density at radius 1 is 1.40 bits per heavy atom. The summed E-state index contributed by atoms with van der Waals surface area (Å²) in [6.07, 6.45) is 1.50. The Kier molecular flexibility index (Phi) is 4.82. The summed E-state index contributed by atoms with van der Waals surface area (Å²) in [7, 11) is 1.54. The summed E-state index contributed by atoms with van der Waals surface area (Å²) in [6.45, 7) is 1.53. The number of anilines is 2. The molecule has 2 heterocycles. The van der Waals surface area contributed by atoms with Crippen molar-refractivity contribution in [2.24, 2.45) is 0 Å². The molecule has 0 unspecified atom stereocenters. The SMILES string of the molecule is Cc1c(Cl)cccc1NC(=O)Cn1ncc2c(c1=O)N(C)C(=O)CS2. The fraction of sp³-hybridized carbons (Fsp3) is 0.250. The van der Waals surface area contributed by atoms with Crippen molar-refractivity contribution in [1.82, 2.24) is 9.78 Å². The molecule has 0 aliphatic carbocycles. The third kappa shape index (κ3) is 3.40. The minimum Gasteiger partial charge on any atom is -0.324 e. The van der Waals surface area contributed by atoms with Crippen molar-refractivity contribution >= 4 is 46.6 Å². The Balaban J connectivity index is 1.84. The number of benzene rings is 1. The quantitative estimate of drug-likeness (QED) is 0.882. The van der Waals surface area contributed by atoms with Crippen LogP contribution in [0.15, 0.2) is 34.1 Å². The first-order chi connectivity index (χ1) is 11.9. The molecule has 25 heavy (non-hydrogen) atoms. The van der Waals surface area contributed by atoms with Gasteiger partial charge in [-0.1, -0.05) is 17.7 Å². The van der Waals surface area contributed by atoms with Gasteiger partial charge in [0.05, 0.1) is 16.8 Å². The average Bonchev–Trinajstić information content (AvgIpc) is 2.57. The molecule has 0 atom stereocenters. The molecular formula is C16H15ClN4O3S. The van der Waals surface area contributed by atoms with Crippen LogP contribution in [0.4, 0.5) is 11.4 Å². The van der Waals surface area contributed by atoms with E-state index in [0.29, 0.717) is 15.6 Å². The highest BCUT2D eigenvalue weighted by atomic mass is 35.5. The lowest BCUT2D eigenvalue weighted by Crippen LogP contribution is -2.40. The number of nitrogens with zero attached hydrogens (tertiary/aromatic N) is 3. The molecule has 0 bridgehead atoms. The molecule has 1 aromatic heterocycles. The minimum atomic E-state index is -0.474. The van der Waals surface area contributed by atoms with Crippen LogP contribution in [0.5, 0.6) is 0 Å². The summed E-state index contributed by atoms with van der Waals surface area (Å²) < 4.78 is 1.05. The normalized spacial score (nSPS) is 13.6. The first-order valence-electron chi connectivity index (χ1n) is 7.43. The Labute approximate surface area is 153 Å². The van der Waals surface area contributed by atoms with Gasteiger partial charge in [0, 0.05) is 17.8 Å². The summed E-state index contributed by atoms with van der Waals surface area (Å²) >= 11 is 7.30. The Bertz CT molecular complexity index is 928. The van der Waals surface area contributed by atoms with Gasteiger partial charge < -0.3 is 10.2 Å². The zero-order valence-corrected chi connectivity index (χ0v) is 15.1. The summed E-state index contributed by atoms with van der Waals surface area (Å²) in [6, 6.07) is 5.18. The Hall–Kier alpha value is -2.32. The van der Waals surface area contributed by atoms with Crippen LogP contribution >= 0.6 is 23.4 Å². The number of aromatic nitrogens is 2. The maximum absolute atomic E-state index is 12.6. The molecule has 0 spiro atoms. The van der Waals surface area contributed by atoms with Crippen molar-refractivity contribution in [3.8, 4) is 0 Å². The predicted octanol–water partition coefficient (Wildman–Crippen LogP) is 1.91. The molecule has 1 aliphatic heterocycles. The van der Waals surface area contributed by atoms with E-state index in [1.807, 2.05) is 0 Å². The second-order valence-corrected chi connectivity index (χ2v) is 6.95. The van der Waals surface area contributed by atoms with E-state index < -0.39 is 11.5 Å². The fourth-order valence-corrected chi connectivity index (χ4v) is 3.55. The lowest BCUT2D eigenvalue weighted by molar-refractivity contribution is -0.117. The lowest BCUT2D eigenvalue weighted by Gasteiger charge is -2.24. The van der Waals surface area contributed by atoms with Crippen molar-refractivity contribution in [1.29, 1.82) is 0 Å². The molecule has 0 radical (unpaired) electrons. The van der Waals surface area contributed by atoms with E-state index in [2.05, 4.69) is 10.4 Å². The van der Waals surface area contributed by atoms with Gasteiger partial charge in [-0.3, -0.25) is 14.4 Å². The molecule has 0 saturated heterocycles. The monoisotopic (exact) mass is 378 g/mol. The molecule has 2 amide bonds. The van der Waals surface area contributed by atoms with E-state index in [1.165, 1.54) is 22.9 Å². The minimum absolute atomic E-state index is 0.161. The topological polar surface area (TPSA) is 84.3 Å². The summed E-state index contributed by atoms with van der Waals surface area (Å²) in [4.78, 5) is 38.6. The average molecular weight is 379 g/mol. The Morgan fingerprint density at radius 2 is 2.16 bits per heavy atom. The third-order valence-corrected chi connectivity index (χ3v) is 5.29. The number of carbonyl (C=O) groups excluding carboxylic acids is 2. The van der Waals surface area contributed by atoms with Gasteiger partial charge in [0.25, 0.3) is 5.56 Å². The van der Waals surface area contributed by atoms with Gasteiger partial charge in [-0.15, -0.1) is 11.8 Å². The number of amides is 2. The van der Waals surface area contributed by atoms with E-state index in [9.17, 15) is 14.4 Å². The van der Waals surface area contributed by atoms with Crippen LogP contribution in [-0.4, -0.2) is 34.4 Å². The molecule has 1 aliphatic rings. The van der Waals surface area contributed by atoms with Crippen LogP contribution in [0.2, 0.25) is 5.02 Å². The van der Waals surface area contributed by atoms with Crippen molar-refractivity contribution in [2.75, 3.05) is 23.0 Å². The summed E-state index contributed by atoms with van der Waals surface area (Å²) in [5.74, 6) is -0.299. The molecule has 130 valence electrons. The predicted molar refractivity (Wildman–Crippen MR) is 97.4 cm³/mol. The number of hydrogen-bond acceptors (Lipinski definition) is 5. The maximum Gasteiger partial charge on any atom is 0.292 e. The second-order valence-electron chi connectivity index (χ2n) is 5.52. The fourth-order valence-electron chi connectivity index (χ4n) is 2.42. The molecule has 7 nitrogen and oxygen atoms in total. The van der Waals surface area contributed by atoms with E-state index in [-0.39, 0.29) is 23.9 Å². The molecule has 0 fully saturated rings. The van der Waals surface area contributed by atoms with Crippen molar-refractivity contribution in [2.45, 2.75) is 18.4 Å². The molecule has 0 saturated carbocycles. The van der Waals surface area contributed by atoms with E-state index in [4.69, 9.17) is 11.6 Å². The van der Waals surface area contributed by atoms with Gasteiger partial charge in [0.1, 0.15) is 12.2 Å². The molecule has 1 aromatic carbocycles. The number of carbonyl (C=O) groups is 2. The van der Waals surface area contributed by atoms with E-state index in [1.54, 1.807) is 32.2 Å². The van der Waals surface area contributed by atoms with E-state index >= 15 is 0 Å². The van der Waals surface area contributed by atoms with Crippen LogP contribution in [-0.2, 0) is 16.1 Å². The van der Waals surface area contributed by atoms with Crippen LogP contribution < -0.4 is 15.8 Å². The van der Waals surface area contributed by atoms with Crippen molar-refractivity contribution in [3.63, 3.8) is 0 Å². The van der Waals surface area contributed by atoms with Gasteiger partial charge in [-0.25, -0.2) is 4.68 Å².